The average molecular weight is 162 g/mol. The van der Waals surface area contributed by atoms with E-state index in [4.69, 9.17) is 11.7 Å². The van der Waals surface area contributed by atoms with Crippen molar-refractivity contribution in [2.24, 2.45) is 11.7 Å². The molecule has 4 nitrogen and oxygen atoms in total. The lowest BCUT2D eigenvalue weighted by atomic mass is 10.3. The van der Waals surface area contributed by atoms with Crippen molar-refractivity contribution in [3.8, 4) is 0 Å². The van der Waals surface area contributed by atoms with E-state index >= 15 is 0 Å². The highest BCUT2D eigenvalue weighted by Gasteiger charge is 1.77. The van der Waals surface area contributed by atoms with Crippen molar-refractivity contribution in [1.29, 1.82) is 0 Å². The van der Waals surface area contributed by atoms with Crippen LogP contribution in [0.25, 0.3) is 0 Å². The molecule has 0 aliphatic heterocycles. The lowest BCUT2D eigenvalue weighted by Gasteiger charge is -1.95. The predicted octanol–water partition coefficient (Wildman–Crippen LogP) is 0.108. The molecule has 0 radical (unpaired) electrons. The Kier molecular flexibility index (Phi) is 15.3. The second-order valence-corrected chi connectivity index (χ2v) is 2.63. The molecule has 0 aromatic rings. The fraction of sp³-hybridized carbons (Fsp3) is 1.00. The Morgan fingerprint density at radius 1 is 1.27 bits per heavy atom. The van der Waals surface area contributed by atoms with E-state index in [9.17, 15) is 0 Å². The van der Waals surface area contributed by atoms with Crippen LogP contribution in [0.2, 0.25) is 0 Å². The molecule has 0 aromatic heterocycles. The summed E-state index contributed by atoms with van der Waals surface area (Å²) in [5.74, 6) is 9.89. The van der Waals surface area contributed by atoms with Crippen molar-refractivity contribution >= 4 is 0 Å². The zero-order valence-corrected chi connectivity index (χ0v) is 7.85. The topological polar surface area (TPSA) is 76.1 Å². The molecule has 0 saturated carbocycles. The van der Waals surface area contributed by atoms with Gasteiger partial charge in [0, 0.05) is 12.6 Å². The van der Waals surface area contributed by atoms with E-state index in [2.05, 4.69) is 17.8 Å². The Balaban J connectivity index is 0. The maximum atomic E-state index is 4.96. The summed E-state index contributed by atoms with van der Waals surface area (Å²) in [7, 11) is 0. The van der Waals surface area contributed by atoms with Gasteiger partial charge in [-0.2, -0.15) is 0 Å². The lowest BCUT2D eigenvalue weighted by Crippen LogP contribution is -2.29. The zero-order valence-electron chi connectivity index (χ0n) is 7.85. The standard InChI is InChI=1S/C4H12N2.C3H10N2/c1-2-3-4-6-5;1-3(2)5-4/h6H,2-5H2,1H3;3,5H,4H2,1-2H3. The number of nitrogens with one attached hydrogen (secondary N) is 2. The Morgan fingerprint density at radius 3 is 1.82 bits per heavy atom. The molecule has 0 aromatic carbocycles. The Labute approximate surface area is 69.7 Å². The number of unbranched alkanes of at least 4 members (excludes halogenated alkanes) is 1. The van der Waals surface area contributed by atoms with Gasteiger partial charge in [0.15, 0.2) is 0 Å². The van der Waals surface area contributed by atoms with Crippen LogP contribution in [0.5, 0.6) is 0 Å². The molecule has 0 fully saturated rings. The van der Waals surface area contributed by atoms with E-state index in [1.807, 2.05) is 13.8 Å². The third-order valence-corrected chi connectivity index (χ3v) is 1.01. The van der Waals surface area contributed by atoms with E-state index in [-0.39, 0.29) is 0 Å². The Morgan fingerprint density at radius 2 is 1.73 bits per heavy atom. The minimum Gasteiger partial charge on any atom is -0.271 e. The van der Waals surface area contributed by atoms with Crippen LogP contribution >= 0.6 is 0 Å². The van der Waals surface area contributed by atoms with Gasteiger partial charge in [-0.3, -0.25) is 22.5 Å². The molecule has 4 heteroatoms. The summed E-state index contributed by atoms with van der Waals surface area (Å²) in [6, 6.07) is 0.412. The first-order valence-corrected chi connectivity index (χ1v) is 4.08. The van der Waals surface area contributed by atoms with Crippen molar-refractivity contribution < 1.29 is 0 Å². The normalized spacial score (nSPS) is 9.27. The van der Waals surface area contributed by atoms with Crippen LogP contribution in [0, 0.1) is 0 Å². The van der Waals surface area contributed by atoms with Gasteiger partial charge >= 0.3 is 0 Å². The summed E-state index contributed by atoms with van der Waals surface area (Å²) in [4.78, 5) is 0. The lowest BCUT2D eigenvalue weighted by molar-refractivity contribution is 0.617. The molecule has 0 saturated heterocycles. The summed E-state index contributed by atoms with van der Waals surface area (Å²) in [5, 5.41) is 0. The van der Waals surface area contributed by atoms with Gasteiger partial charge in [-0.1, -0.05) is 13.3 Å². The summed E-state index contributed by atoms with van der Waals surface area (Å²) >= 11 is 0. The zero-order chi connectivity index (χ0) is 9.11. The maximum Gasteiger partial charge on any atom is 0.0153 e. The molecule has 6 N–H and O–H groups in total. The molecule has 0 spiro atoms. The third kappa shape index (κ3) is 25.8. The highest BCUT2D eigenvalue weighted by atomic mass is 15.2. The molecule has 11 heavy (non-hydrogen) atoms. The molecule has 70 valence electrons. The van der Waals surface area contributed by atoms with Gasteiger partial charge in [0.2, 0.25) is 0 Å². The first-order chi connectivity index (χ1) is 5.18. The number of hydrogen-bond acceptors (Lipinski definition) is 4. The van der Waals surface area contributed by atoms with Gasteiger partial charge in [0.1, 0.15) is 0 Å². The third-order valence-electron chi connectivity index (χ3n) is 1.01. The van der Waals surface area contributed by atoms with E-state index < -0.39 is 0 Å². The molecular formula is C7H22N4. The second-order valence-electron chi connectivity index (χ2n) is 2.63. The molecule has 0 atom stereocenters. The van der Waals surface area contributed by atoms with Crippen molar-refractivity contribution in [3.63, 3.8) is 0 Å². The molecule has 0 unspecified atom stereocenters. The van der Waals surface area contributed by atoms with Crippen LogP contribution in [0.1, 0.15) is 33.6 Å². The SMILES string of the molecule is CC(C)NN.CCCCNN. The van der Waals surface area contributed by atoms with Crippen LogP contribution in [-0.2, 0) is 0 Å². The smallest absolute Gasteiger partial charge is 0.0153 e. The molecule has 0 rings (SSSR count). The Bertz CT molecular complexity index is 52.4. The van der Waals surface area contributed by atoms with Crippen molar-refractivity contribution in [2.75, 3.05) is 6.54 Å². The van der Waals surface area contributed by atoms with Gasteiger partial charge < -0.3 is 0 Å². The highest BCUT2D eigenvalue weighted by Crippen LogP contribution is 1.78. The number of hydrogen-bond donors (Lipinski definition) is 4. The van der Waals surface area contributed by atoms with Gasteiger partial charge in [0.25, 0.3) is 0 Å². The largest absolute Gasteiger partial charge is 0.271 e. The molecule has 0 bridgehead atoms. The average Bonchev–Trinajstić information content (AvgIpc) is 2.02. The van der Waals surface area contributed by atoms with Crippen molar-refractivity contribution in [3.05, 3.63) is 0 Å². The molecule has 0 heterocycles. The van der Waals surface area contributed by atoms with E-state index in [1.54, 1.807) is 0 Å². The van der Waals surface area contributed by atoms with Gasteiger partial charge in [0.05, 0.1) is 0 Å². The number of rotatable bonds is 4. The number of hydrazine groups is 2. The Hall–Kier alpha value is -0.160. The molecular weight excluding hydrogens is 140 g/mol. The fourth-order valence-corrected chi connectivity index (χ4v) is 0.279. The summed E-state index contributed by atoms with van der Waals surface area (Å²) in [6.45, 7) is 7.05. The first-order valence-electron chi connectivity index (χ1n) is 4.08. The van der Waals surface area contributed by atoms with Crippen LogP contribution in [0.3, 0.4) is 0 Å². The second kappa shape index (κ2) is 12.5. The van der Waals surface area contributed by atoms with Crippen molar-refractivity contribution in [2.45, 2.75) is 39.7 Å². The van der Waals surface area contributed by atoms with Crippen LogP contribution in [0.15, 0.2) is 0 Å². The van der Waals surface area contributed by atoms with E-state index in [1.165, 1.54) is 12.8 Å². The minimum atomic E-state index is 0.412. The summed E-state index contributed by atoms with van der Waals surface area (Å²) < 4.78 is 0. The van der Waals surface area contributed by atoms with Gasteiger partial charge in [-0.15, -0.1) is 0 Å². The van der Waals surface area contributed by atoms with Gasteiger partial charge in [-0.25, -0.2) is 0 Å². The summed E-state index contributed by atoms with van der Waals surface area (Å²) in [5.41, 5.74) is 5.10. The minimum absolute atomic E-state index is 0.412. The van der Waals surface area contributed by atoms with Crippen LogP contribution in [-0.4, -0.2) is 12.6 Å². The predicted molar refractivity (Wildman–Crippen MR) is 49.6 cm³/mol. The van der Waals surface area contributed by atoms with E-state index in [0.29, 0.717) is 6.04 Å². The molecule has 0 amide bonds. The van der Waals surface area contributed by atoms with Crippen LogP contribution < -0.4 is 22.5 Å². The van der Waals surface area contributed by atoms with Crippen LogP contribution in [0.4, 0.5) is 0 Å². The highest BCUT2D eigenvalue weighted by molar-refractivity contribution is 4.38. The maximum absolute atomic E-state index is 4.96. The molecule has 0 aliphatic rings. The molecule has 0 aliphatic carbocycles. The first kappa shape index (κ1) is 13.4. The number of nitrogens with two attached hydrogens (primary N) is 2. The monoisotopic (exact) mass is 162 g/mol. The quantitative estimate of drug-likeness (QED) is 0.269. The van der Waals surface area contributed by atoms with Crippen molar-refractivity contribution in [1.82, 2.24) is 10.9 Å². The van der Waals surface area contributed by atoms with Gasteiger partial charge in [-0.05, 0) is 20.3 Å². The summed E-state index contributed by atoms with van der Waals surface area (Å²) in [6.07, 6.45) is 2.39. The fourth-order valence-electron chi connectivity index (χ4n) is 0.279. The van der Waals surface area contributed by atoms with E-state index in [0.717, 1.165) is 6.54 Å².